The number of Topliss-reactive ketones (excluding diaryl/α,β-unsaturated/α-hetero) is 5. The van der Waals surface area contributed by atoms with Gasteiger partial charge in [0.25, 0.3) is 5.91 Å². The molecule has 408 valence electrons. The highest BCUT2D eigenvalue weighted by Crippen LogP contribution is 2.56. The van der Waals surface area contributed by atoms with E-state index in [-0.39, 0.29) is 72.4 Å². The van der Waals surface area contributed by atoms with Gasteiger partial charge in [0.2, 0.25) is 11.6 Å². The van der Waals surface area contributed by atoms with Gasteiger partial charge in [0.05, 0.1) is 42.3 Å². The van der Waals surface area contributed by atoms with Gasteiger partial charge in [0.15, 0.2) is 28.6 Å². The average molecular weight is 1060 g/mol. The van der Waals surface area contributed by atoms with Gasteiger partial charge in [0.1, 0.15) is 57.2 Å². The molecular weight excluding hydrogens is 997 g/mol. The molecule has 10 rings (SSSR count). The number of carbonyl (C=O) groups is 6. The lowest BCUT2D eigenvalue weighted by Gasteiger charge is -2.50. The number of benzene rings is 2. The SMILES string of the molecule is C.CC(=O)C1=C(O)[C@@]2(O)C(=O)C3=C(O)c4c(O)ccc(-c5ccoc5)c4C[C@H]3C[C@H]2[C@H](N(C)C)C1=O.CN(C)[C@@H]1C(=O)C(C(N)=O)=C(O)[C@@]2(O)C(=O)C3=C(O)c4c(O)ccc(-c5ccc(CNC(C)(C)C)o5)c4C[C@H]3C[C@@H]12. The van der Waals surface area contributed by atoms with Crippen molar-refractivity contribution in [1.82, 2.24) is 15.1 Å². The largest absolute Gasteiger partial charge is 0.508 e. The van der Waals surface area contributed by atoms with Crippen molar-refractivity contribution in [2.75, 3.05) is 28.2 Å². The number of aliphatic hydroxyl groups excluding tert-OH is 4. The zero-order chi connectivity index (χ0) is 55.6. The van der Waals surface area contributed by atoms with Crippen LogP contribution in [0, 0.1) is 23.7 Å². The number of amides is 1. The number of hydrogen-bond donors (Lipinski definition) is 10. The smallest absolute Gasteiger partial charge is 0.255 e. The number of aliphatic hydroxyl groups is 6. The summed E-state index contributed by atoms with van der Waals surface area (Å²) in [5.41, 5.74) is 1.47. The van der Waals surface area contributed by atoms with Gasteiger partial charge in [-0.25, -0.2) is 0 Å². The van der Waals surface area contributed by atoms with Crippen molar-refractivity contribution in [3.63, 3.8) is 0 Å². The molecule has 2 aromatic heterocycles. The van der Waals surface area contributed by atoms with Crippen LogP contribution < -0.4 is 11.1 Å². The van der Waals surface area contributed by atoms with Crippen LogP contribution in [-0.2, 0) is 48.2 Å². The Hall–Kier alpha value is -7.62. The summed E-state index contributed by atoms with van der Waals surface area (Å²) in [6.07, 6.45) is 3.53. The van der Waals surface area contributed by atoms with Crippen LogP contribution in [0.5, 0.6) is 11.5 Å². The summed E-state index contributed by atoms with van der Waals surface area (Å²) in [7, 11) is 6.32. The van der Waals surface area contributed by atoms with Crippen molar-refractivity contribution in [3.8, 4) is 33.9 Å². The number of ketones is 5. The Morgan fingerprint density at radius 3 is 1.61 bits per heavy atom. The number of hydrogen-bond acceptors (Lipinski definition) is 19. The van der Waals surface area contributed by atoms with E-state index in [0.717, 1.165) is 12.5 Å². The van der Waals surface area contributed by atoms with Crippen LogP contribution in [-0.4, -0.2) is 142 Å². The second kappa shape index (κ2) is 19.4. The summed E-state index contributed by atoms with van der Waals surface area (Å²) in [5, 5.41) is 92.7. The summed E-state index contributed by atoms with van der Waals surface area (Å²) in [6, 6.07) is 9.34. The molecule has 6 aliphatic rings. The van der Waals surface area contributed by atoms with E-state index in [9.17, 15) is 69.6 Å². The molecule has 0 saturated heterocycles. The fourth-order valence-corrected chi connectivity index (χ4v) is 12.5. The molecule has 2 heterocycles. The summed E-state index contributed by atoms with van der Waals surface area (Å²) in [4.78, 5) is 81.6. The van der Waals surface area contributed by atoms with Crippen molar-refractivity contribution >= 4 is 46.3 Å². The van der Waals surface area contributed by atoms with Gasteiger partial charge in [-0.1, -0.05) is 13.5 Å². The van der Waals surface area contributed by atoms with Gasteiger partial charge < -0.3 is 60.7 Å². The maximum atomic E-state index is 14.0. The van der Waals surface area contributed by atoms with Crippen LogP contribution in [0.1, 0.15) is 76.0 Å². The molecule has 0 aliphatic heterocycles. The molecule has 1 amide bonds. The number of nitrogens with two attached hydrogens (primary N) is 1. The number of nitrogens with one attached hydrogen (secondary N) is 1. The molecule has 11 N–H and O–H groups in total. The molecule has 20 heteroatoms. The maximum absolute atomic E-state index is 14.0. The molecular formula is C57H64N4O16. The standard InChI is InChI=1S/C30H35N3O8.C26H25NO8.CH4/c1-29(2,3)32-12-14-6-9-19(41-14)15-7-8-18(34)21-16(15)10-13-11-17-23(33(4)5)25(36)22(28(31)39)27(38)30(17,40)26(37)20(13)24(21)35;1-11(28)18-23(31)21(27(2)3)16-9-13-8-15-14(12-6-7-35-10-12)4-5-17(29)20(15)22(30)19(13)25(33)26(16,34)24(18)32;/h6-9,13,17,23,32,34-35,38,40H,10-12H2,1-5H3,(H2,31,39);4-7,10,13,16,21,29-30,32,34H,8-9H2,1-3H3;1H4/t13-,17-,23-,30-;13-,16-,21-,26+;/m00./s1. The number of likely N-dealkylation sites (N-methyl/N-ethyl adjacent to an activating group) is 2. The van der Waals surface area contributed by atoms with Gasteiger partial charge in [-0.05, 0) is 146 Å². The van der Waals surface area contributed by atoms with E-state index in [1.54, 1.807) is 52.5 Å². The van der Waals surface area contributed by atoms with E-state index in [1.165, 1.54) is 34.5 Å². The van der Waals surface area contributed by atoms with Gasteiger partial charge >= 0.3 is 0 Å². The lowest BCUT2D eigenvalue weighted by molar-refractivity contribution is -0.155. The number of carbonyl (C=O) groups excluding carboxylic acids is 6. The van der Waals surface area contributed by atoms with Crippen LogP contribution in [0.15, 0.2) is 97.6 Å². The Bertz CT molecular complexity index is 3330. The predicted octanol–water partition coefficient (Wildman–Crippen LogP) is 5.08. The number of fused-ring (bicyclic) bond motifs is 6. The molecule has 2 aromatic carbocycles. The lowest BCUT2D eigenvalue weighted by atomic mass is 9.57. The fourth-order valence-electron chi connectivity index (χ4n) is 12.5. The molecule has 8 atom stereocenters. The van der Waals surface area contributed by atoms with Crippen LogP contribution in [0.4, 0.5) is 0 Å². The van der Waals surface area contributed by atoms with Gasteiger partial charge in [-0.15, -0.1) is 0 Å². The summed E-state index contributed by atoms with van der Waals surface area (Å²) >= 11 is 0. The summed E-state index contributed by atoms with van der Waals surface area (Å²) in [5.74, 6) is -11.4. The van der Waals surface area contributed by atoms with E-state index < -0.39 is 116 Å². The third kappa shape index (κ3) is 8.49. The predicted molar refractivity (Wildman–Crippen MR) is 279 cm³/mol. The number of furan rings is 2. The number of aromatic hydroxyl groups is 2. The van der Waals surface area contributed by atoms with E-state index >= 15 is 0 Å². The van der Waals surface area contributed by atoms with E-state index in [4.69, 9.17) is 14.6 Å². The zero-order valence-corrected chi connectivity index (χ0v) is 43.0. The molecule has 2 fully saturated rings. The number of rotatable bonds is 8. The minimum atomic E-state index is -2.67. The van der Waals surface area contributed by atoms with Gasteiger partial charge in [-0.3, -0.25) is 38.6 Å². The molecule has 2 saturated carbocycles. The quantitative estimate of drug-likeness (QED) is 0.103. The number of nitrogens with zero attached hydrogens (tertiary/aromatic N) is 2. The van der Waals surface area contributed by atoms with E-state index in [0.29, 0.717) is 40.3 Å². The second-order valence-corrected chi connectivity index (χ2v) is 22.0. The van der Waals surface area contributed by atoms with Crippen LogP contribution in [0.3, 0.4) is 0 Å². The highest BCUT2D eigenvalue weighted by Gasteiger charge is 2.66. The van der Waals surface area contributed by atoms with Gasteiger partial charge in [-0.2, -0.15) is 0 Å². The van der Waals surface area contributed by atoms with Crippen molar-refractivity contribution in [3.05, 3.63) is 117 Å². The number of phenols is 2. The molecule has 0 radical (unpaired) electrons. The maximum Gasteiger partial charge on any atom is 0.255 e. The summed E-state index contributed by atoms with van der Waals surface area (Å²) in [6.45, 7) is 7.69. The highest BCUT2D eigenvalue weighted by atomic mass is 16.4. The molecule has 0 unspecified atom stereocenters. The van der Waals surface area contributed by atoms with Crippen LogP contribution in [0.2, 0.25) is 0 Å². The highest BCUT2D eigenvalue weighted by molar-refractivity contribution is 6.26. The van der Waals surface area contributed by atoms with Crippen molar-refractivity contribution < 1.29 is 78.5 Å². The normalized spacial score (nSPS) is 26.8. The van der Waals surface area contributed by atoms with E-state index in [2.05, 4.69) is 5.32 Å². The van der Waals surface area contributed by atoms with E-state index in [1.807, 2.05) is 26.8 Å². The number of phenolic OH excluding ortho intramolecular Hbond substituents is 2. The third-order valence-electron chi connectivity index (χ3n) is 15.9. The minimum absolute atomic E-state index is 0. The van der Waals surface area contributed by atoms with Crippen molar-refractivity contribution in [2.45, 2.75) is 96.2 Å². The average Bonchev–Trinajstić information content (AvgIpc) is 4.15. The first kappa shape index (κ1) is 55.6. The Labute approximate surface area is 443 Å². The Kier molecular flexibility index (Phi) is 14.0. The Balaban J connectivity index is 0.000000203. The second-order valence-electron chi connectivity index (χ2n) is 22.0. The van der Waals surface area contributed by atoms with Crippen LogP contribution >= 0.6 is 0 Å². The first-order valence-electron chi connectivity index (χ1n) is 24.6. The Morgan fingerprint density at radius 1 is 0.701 bits per heavy atom. The molecule has 4 aromatic rings. The zero-order valence-electron chi connectivity index (χ0n) is 43.0. The monoisotopic (exact) mass is 1060 g/mol. The van der Waals surface area contributed by atoms with Crippen molar-refractivity contribution in [1.29, 1.82) is 0 Å². The topological polar surface area (TPSA) is 335 Å². The molecule has 6 aliphatic carbocycles. The Morgan fingerprint density at radius 2 is 1.17 bits per heavy atom. The molecule has 0 bridgehead atoms. The molecule has 20 nitrogen and oxygen atoms in total. The molecule has 0 spiro atoms. The molecule has 77 heavy (non-hydrogen) atoms. The lowest BCUT2D eigenvalue weighted by Crippen LogP contribution is -2.65. The summed E-state index contributed by atoms with van der Waals surface area (Å²) < 4.78 is 11.3. The first-order valence-corrected chi connectivity index (χ1v) is 24.6. The fraction of sp³-hybridized carbons (Fsp3) is 0.404. The van der Waals surface area contributed by atoms with Crippen LogP contribution in [0.25, 0.3) is 34.0 Å². The third-order valence-corrected chi connectivity index (χ3v) is 15.9. The first-order chi connectivity index (χ1) is 35.6. The number of primary amides is 1. The minimum Gasteiger partial charge on any atom is -0.508 e. The van der Waals surface area contributed by atoms with Gasteiger partial charge in [0, 0.05) is 39.6 Å². The van der Waals surface area contributed by atoms with Crippen molar-refractivity contribution in [2.24, 2.45) is 29.4 Å².